The van der Waals surface area contributed by atoms with Gasteiger partial charge in [-0.25, -0.2) is 14.2 Å². The van der Waals surface area contributed by atoms with Crippen LogP contribution in [-0.2, 0) is 4.84 Å². The SMILES string of the molecule is CO/N=C1\CCN(c2nc3c(cc2F)c(=O)c(C(=O)O)cn3C2CC2)CC1(C)CN. The van der Waals surface area contributed by atoms with Crippen LogP contribution in [0.3, 0.4) is 0 Å². The number of nitrogens with two attached hydrogens (primary N) is 1. The van der Waals surface area contributed by atoms with Gasteiger partial charge in [-0.2, -0.15) is 0 Å². The summed E-state index contributed by atoms with van der Waals surface area (Å²) >= 11 is 0. The smallest absolute Gasteiger partial charge is 0.341 e. The van der Waals surface area contributed by atoms with Crippen molar-refractivity contribution in [3.8, 4) is 0 Å². The van der Waals surface area contributed by atoms with Gasteiger partial charge in [-0.15, -0.1) is 0 Å². The number of aromatic nitrogens is 2. The molecular weight excluding hydrogens is 393 g/mol. The third kappa shape index (κ3) is 3.30. The number of oxime groups is 1. The third-order valence-corrected chi connectivity index (χ3v) is 5.92. The fraction of sp³-hybridized carbons (Fsp3) is 0.500. The summed E-state index contributed by atoms with van der Waals surface area (Å²) in [6, 6.07) is 1.16. The molecule has 0 radical (unpaired) electrons. The van der Waals surface area contributed by atoms with Crippen molar-refractivity contribution < 1.29 is 19.1 Å². The summed E-state index contributed by atoms with van der Waals surface area (Å²) in [4.78, 5) is 35.3. The van der Waals surface area contributed by atoms with Crippen molar-refractivity contribution >= 4 is 28.5 Å². The van der Waals surface area contributed by atoms with E-state index in [1.165, 1.54) is 13.3 Å². The average molecular weight is 417 g/mol. The zero-order chi connectivity index (χ0) is 21.6. The minimum Gasteiger partial charge on any atom is -0.477 e. The Morgan fingerprint density at radius 2 is 2.23 bits per heavy atom. The normalized spacial score (nSPS) is 23.2. The van der Waals surface area contributed by atoms with Crippen LogP contribution in [-0.4, -0.2) is 53.1 Å². The highest BCUT2D eigenvalue weighted by Crippen LogP contribution is 2.38. The van der Waals surface area contributed by atoms with Crippen LogP contribution in [0.4, 0.5) is 10.2 Å². The summed E-state index contributed by atoms with van der Waals surface area (Å²) in [5, 5.41) is 13.4. The number of fused-ring (bicyclic) bond motifs is 1. The molecule has 10 heteroatoms. The summed E-state index contributed by atoms with van der Waals surface area (Å²) in [6.45, 7) is 3.10. The van der Waals surface area contributed by atoms with Crippen molar-refractivity contribution in [3.63, 3.8) is 0 Å². The van der Waals surface area contributed by atoms with Crippen molar-refractivity contribution in [2.75, 3.05) is 31.6 Å². The molecule has 2 aliphatic rings. The Morgan fingerprint density at radius 3 is 2.83 bits per heavy atom. The van der Waals surface area contributed by atoms with Gasteiger partial charge in [0.2, 0.25) is 5.43 Å². The fourth-order valence-electron chi connectivity index (χ4n) is 4.01. The number of aromatic carboxylic acids is 1. The lowest BCUT2D eigenvalue weighted by Gasteiger charge is -2.41. The molecule has 1 atom stereocenters. The lowest BCUT2D eigenvalue weighted by molar-refractivity contribution is 0.0695. The molecule has 0 bridgehead atoms. The van der Waals surface area contributed by atoms with Gasteiger partial charge in [0.15, 0.2) is 11.6 Å². The van der Waals surface area contributed by atoms with E-state index in [1.807, 2.05) is 6.92 Å². The number of hydrogen-bond donors (Lipinski definition) is 2. The van der Waals surface area contributed by atoms with E-state index < -0.39 is 22.6 Å². The van der Waals surface area contributed by atoms with Gasteiger partial charge in [0.25, 0.3) is 0 Å². The van der Waals surface area contributed by atoms with Crippen molar-refractivity contribution in [2.24, 2.45) is 16.3 Å². The molecule has 1 aliphatic carbocycles. The van der Waals surface area contributed by atoms with E-state index in [2.05, 4.69) is 10.1 Å². The first-order chi connectivity index (χ1) is 14.3. The van der Waals surface area contributed by atoms with Gasteiger partial charge < -0.3 is 25.1 Å². The first kappa shape index (κ1) is 20.3. The van der Waals surface area contributed by atoms with Gasteiger partial charge in [0.1, 0.15) is 18.3 Å². The minimum atomic E-state index is -1.33. The third-order valence-electron chi connectivity index (χ3n) is 5.92. The lowest BCUT2D eigenvalue weighted by atomic mass is 9.80. The monoisotopic (exact) mass is 417 g/mol. The number of halogens is 1. The average Bonchev–Trinajstić information content (AvgIpc) is 3.55. The first-order valence-electron chi connectivity index (χ1n) is 9.83. The summed E-state index contributed by atoms with van der Waals surface area (Å²) in [7, 11) is 1.48. The van der Waals surface area contributed by atoms with Crippen LogP contribution in [0.2, 0.25) is 0 Å². The highest BCUT2D eigenvalue weighted by molar-refractivity contribution is 5.93. The van der Waals surface area contributed by atoms with Gasteiger partial charge in [-0.3, -0.25) is 4.79 Å². The zero-order valence-corrected chi connectivity index (χ0v) is 16.9. The number of anilines is 1. The van der Waals surface area contributed by atoms with E-state index in [1.54, 1.807) is 9.47 Å². The molecule has 2 aromatic heterocycles. The number of hydrogen-bond acceptors (Lipinski definition) is 7. The minimum absolute atomic E-state index is 0.0247. The molecular formula is C20H24FN5O4. The second-order valence-electron chi connectivity index (χ2n) is 8.14. The van der Waals surface area contributed by atoms with E-state index in [0.29, 0.717) is 31.7 Å². The predicted molar refractivity (Wildman–Crippen MR) is 110 cm³/mol. The molecule has 1 saturated heterocycles. The quantitative estimate of drug-likeness (QED) is 0.711. The Kier molecular flexibility index (Phi) is 4.97. The molecule has 0 amide bonds. The van der Waals surface area contributed by atoms with Crippen LogP contribution in [0.25, 0.3) is 11.0 Å². The number of piperidine rings is 1. The highest BCUT2D eigenvalue weighted by atomic mass is 19.1. The number of nitrogens with zero attached hydrogens (tertiary/aromatic N) is 4. The molecule has 1 saturated carbocycles. The van der Waals surface area contributed by atoms with Crippen molar-refractivity contribution in [2.45, 2.75) is 32.2 Å². The Morgan fingerprint density at radius 1 is 1.50 bits per heavy atom. The largest absolute Gasteiger partial charge is 0.477 e. The number of rotatable bonds is 5. The maximum absolute atomic E-state index is 15.1. The number of pyridine rings is 2. The number of carbonyl (C=O) groups is 1. The summed E-state index contributed by atoms with van der Waals surface area (Å²) in [6.07, 6.45) is 3.57. The molecule has 0 spiro atoms. The topological polar surface area (TPSA) is 123 Å². The summed E-state index contributed by atoms with van der Waals surface area (Å²) in [5.41, 5.74) is 5.48. The molecule has 2 aromatic rings. The molecule has 3 heterocycles. The standard InChI is InChI=1S/C20H24FN5O4/c1-20(9-22)10-25(6-5-15(20)24-30-2)18-14(21)7-12-16(27)13(19(28)29)8-26(11-3-4-11)17(12)23-18/h7-8,11H,3-6,9-10,22H2,1-2H3,(H,28,29)/b24-15+. The van der Waals surface area contributed by atoms with Crippen LogP contribution in [0.5, 0.6) is 0 Å². The molecule has 9 nitrogen and oxygen atoms in total. The molecule has 4 rings (SSSR count). The van der Waals surface area contributed by atoms with Gasteiger partial charge in [-0.1, -0.05) is 12.1 Å². The van der Waals surface area contributed by atoms with Crippen LogP contribution < -0.4 is 16.1 Å². The number of carboxylic acids is 1. The molecule has 3 N–H and O–H groups in total. The van der Waals surface area contributed by atoms with Crippen LogP contribution in [0.1, 0.15) is 42.6 Å². The van der Waals surface area contributed by atoms with Crippen molar-refractivity contribution in [1.29, 1.82) is 0 Å². The van der Waals surface area contributed by atoms with Gasteiger partial charge >= 0.3 is 5.97 Å². The number of carboxylic acid groups (broad SMARTS) is 1. The zero-order valence-electron chi connectivity index (χ0n) is 16.9. The highest BCUT2D eigenvalue weighted by Gasteiger charge is 2.38. The van der Waals surface area contributed by atoms with Crippen LogP contribution in [0.15, 0.2) is 22.2 Å². The molecule has 30 heavy (non-hydrogen) atoms. The second-order valence-corrected chi connectivity index (χ2v) is 8.14. The Balaban J connectivity index is 1.83. The maximum Gasteiger partial charge on any atom is 0.341 e. The Labute approximate surface area is 171 Å². The van der Waals surface area contributed by atoms with Gasteiger partial charge in [0.05, 0.1) is 11.1 Å². The second kappa shape index (κ2) is 7.35. The van der Waals surface area contributed by atoms with E-state index in [4.69, 9.17) is 10.6 Å². The predicted octanol–water partition coefficient (Wildman–Crippen LogP) is 1.75. The maximum atomic E-state index is 15.1. The van der Waals surface area contributed by atoms with Crippen molar-refractivity contribution in [3.05, 3.63) is 33.9 Å². The van der Waals surface area contributed by atoms with Crippen LogP contribution in [0, 0.1) is 11.2 Å². The molecule has 1 aliphatic heterocycles. The summed E-state index contributed by atoms with van der Waals surface area (Å²) < 4.78 is 16.8. The van der Waals surface area contributed by atoms with E-state index >= 15 is 4.39 Å². The molecule has 0 aromatic carbocycles. The fourth-order valence-corrected chi connectivity index (χ4v) is 4.01. The first-order valence-corrected chi connectivity index (χ1v) is 9.83. The van der Waals surface area contributed by atoms with Crippen molar-refractivity contribution in [1.82, 2.24) is 9.55 Å². The van der Waals surface area contributed by atoms with E-state index in [0.717, 1.165) is 24.6 Å². The Hall–Kier alpha value is -3.01. The summed E-state index contributed by atoms with van der Waals surface area (Å²) in [5.74, 6) is -1.88. The van der Waals surface area contributed by atoms with E-state index in [9.17, 15) is 14.7 Å². The molecule has 2 fully saturated rings. The molecule has 1 unspecified atom stereocenters. The van der Waals surface area contributed by atoms with E-state index in [-0.39, 0.29) is 22.8 Å². The molecule has 160 valence electrons. The van der Waals surface area contributed by atoms with Gasteiger partial charge in [-0.05, 0) is 18.9 Å². The van der Waals surface area contributed by atoms with Crippen LogP contribution >= 0.6 is 0 Å². The Bertz CT molecular complexity index is 1110. The lowest BCUT2D eigenvalue weighted by Crippen LogP contribution is -2.52. The van der Waals surface area contributed by atoms with Gasteiger partial charge in [0, 0.05) is 43.7 Å².